The Morgan fingerprint density at radius 3 is 1.49 bits per heavy atom. The zero-order chi connectivity index (χ0) is 25.3. The summed E-state index contributed by atoms with van der Waals surface area (Å²) in [5, 5.41) is 0. The molecule has 0 saturated carbocycles. The molecule has 2 nitrogen and oxygen atoms in total. The summed E-state index contributed by atoms with van der Waals surface area (Å²) in [5.41, 5.74) is 13.1. The van der Waals surface area contributed by atoms with Crippen LogP contribution in [0.4, 0.5) is 11.4 Å². The predicted octanol–water partition coefficient (Wildman–Crippen LogP) is 9.56. The summed E-state index contributed by atoms with van der Waals surface area (Å²) in [4.78, 5) is 10.4. The minimum absolute atomic E-state index is 0. The van der Waals surface area contributed by atoms with Crippen LogP contribution >= 0.6 is 9.53 Å². The van der Waals surface area contributed by atoms with Crippen molar-refractivity contribution in [1.29, 1.82) is 0 Å². The molecule has 0 aromatic heterocycles. The molecule has 3 aromatic carbocycles. The molecule has 0 aliphatic heterocycles. The average Bonchev–Trinajstić information content (AvgIpc) is 2.80. The zero-order valence-corrected chi connectivity index (χ0v) is 24.7. The van der Waals surface area contributed by atoms with Crippen LogP contribution in [0.3, 0.4) is 0 Å². The van der Waals surface area contributed by atoms with Gasteiger partial charge in [0.2, 0.25) is 0 Å². The number of nitrogens with zero attached hydrogens (tertiary/aromatic N) is 2. The van der Waals surface area contributed by atoms with Gasteiger partial charge in [0.05, 0.1) is 22.8 Å². The van der Waals surface area contributed by atoms with Crippen molar-refractivity contribution < 1.29 is 18.2 Å². The molecule has 0 unspecified atom stereocenters. The second-order valence-electron chi connectivity index (χ2n) is 8.95. The van der Waals surface area contributed by atoms with Crippen molar-refractivity contribution in [3.8, 4) is 0 Å². The molecule has 35 heavy (non-hydrogen) atoms. The molecule has 0 heterocycles. The molecule has 3 rings (SSSR count). The molecule has 3 aromatic rings. The van der Waals surface area contributed by atoms with E-state index in [2.05, 4.69) is 131 Å². The summed E-state index contributed by atoms with van der Waals surface area (Å²) in [6, 6.07) is 19.5. The molecule has 0 spiro atoms. The van der Waals surface area contributed by atoms with E-state index in [1.54, 1.807) is 0 Å². The quantitative estimate of drug-likeness (QED) is 0.151. The number of hydrogen-bond acceptors (Lipinski definition) is 2. The van der Waals surface area contributed by atoms with Gasteiger partial charge in [0, 0.05) is 0 Å². The predicted molar refractivity (Wildman–Crippen MR) is 153 cm³/mol. The SMILES string of the molecule is CCC(=Nc1c(C)cc(C)cc1C)C(CCc1ccccc1)=Nc1c(C)cc(C)cc1C.[CH3-].[Cl][Pd+]. The van der Waals surface area contributed by atoms with Crippen LogP contribution in [0.1, 0.15) is 58.7 Å². The molecule has 0 aliphatic rings. The topological polar surface area (TPSA) is 24.7 Å². The summed E-state index contributed by atoms with van der Waals surface area (Å²) in [7, 11) is 4.49. The van der Waals surface area contributed by atoms with Gasteiger partial charge in [-0.3, -0.25) is 9.98 Å². The van der Waals surface area contributed by atoms with E-state index in [1.165, 1.54) is 38.9 Å². The second-order valence-corrected chi connectivity index (χ2v) is 8.95. The molecule has 0 fully saturated rings. The standard InChI is InChI=1S/C30H36N2.CH3.ClH.Pd/c1-8-27(31-29-22(4)16-20(2)17-23(29)5)28(15-14-26-12-10-9-11-13-26)32-30-24(6)18-21(3)19-25(30)7;;;/h9-13,16-19H,8,14-15H2,1-7H3;1H3;1H;/q;-1;;+2/p-1. The Hall–Kier alpha value is -2.05. The third kappa shape index (κ3) is 8.84. The van der Waals surface area contributed by atoms with E-state index in [-0.39, 0.29) is 7.43 Å². The summed E-state index contributed by atoms with van der Waals surface area (Å²) >= 11 is 2.22. The third-order valence-corrected chi connectivity index (χ3v) is 5.93. The zero-order valence-electron chi connectivity index (χ0n) is 22.4. The van der Waals surface area contributed by atoms with Gasteiger partial charge in [-0.05, 0) is 88.6 Å². The fourth-order valence-corrected chi connectivity index (χ4v) is 4.49. The molecule has 0 amide bonds. The van der Waals surface area contributed by atoms with Crippen LogP contribution in [0, 0.1) is 49.0 Å². The van der Waals surface area contributed by atoms with Crippen molar-refractivity contribution in [2.75, 3.05) is 0 Å². The normalized spacial score (nSPS) is 11.5. The summed E-state index contributed by atoms with van der Waals surface area (Å²) in [6.45, 7) is 15.1. The molecule has 4 heteroatoms. The van der Waals surface area contributed by atoms with Crippen LogP contribution in [0.25, 0.3) is 0 Å². The van der Waals surface area contributed by atoms with Crippen molar-refractivity contribution >= 4 is 32.3 Å². The van der Waals surface area contributed by atoms with Gasteiger partial charge in [0.25, 0.3) is 0 Å². The molecule has 0 bridgehead atoms. The number of halogens is 1. The summed E-state index contributed by atoms with van der Waals surface area (Å²) in [6.07, 6.45) is 2.67. The number of benzene rings is 3. The molecule has 190 valence electrons. The van der Waals surface area contributed by atoms with Crippen LogP contribution in [0.2, 0.25) is 0 Å². The maximum atomic E-state index is 5.24. The van der Waals surface area contributed by atoms with Gasteiger partial charge in [-0.1, -0.05) is 72.6 Å². The summed E-state index contributed by atoms with van der Waals surface area (Å²) < 4.78 is 0. The second kappa shape index (κ2) is 15.1. The first-order chi connectivity index (χ1) is 16.3. The first-order valence-electron chi connectivity index (χ1n) is 11.8. The minimum atomic E-state index is 0. The van der Waals surface area contributed by atoms with Crippen LogP contribution in [0.15, 0.2) is 64.6 Å². The van der Waals surface area contributed by atoms with Gasteiger partial charge in [-0.15, -0.1) is 0 Å². The first-order valence-corrected chi connectivity index (χ1v) is 13.8. The fraction of sp³-hybridized carbons (Fsp3) is 0.323. The van der Waals surface area contributed by atoms with Gasteiger partial charge in [-0.2, -0.15) is 0 Å². The van der Waals surface area contributed by atoms with E-state index >= 15 is 0 Å². The number of aliphatic imine (C=N–C) groups is 2. The van der Waals surface area contributed by atoms with E-state index < -0.39 is 0 Å². The van der Waals surface area contributed by atoms with Crippen molar-refractivity contribution in [2.24, 2.45) is 9.98 Å². The van der Waals surface area contributed by atoms with E-state index in [0.29, 0.717) is 0 Å². The molecular formula is C31H39ClN2Pd. The van der Waals surface area contributed by atoms with Gasteiger partial charge in [-0.25, -0.2) is 0 Å². The van der Waals surface area contributed by atoms with Crippen molar-refractivity contribution in [2.45, 2.75) is 67.7 Å². The van der Waals surface area contributed by atoms with Crippen molar-refractivity contribution in [3.63, 3.8) is 0 Å². The molecule has 0 aliphatic carbocycles. The number of rotatable bonds is 7. The average molecular weight is 582 g/mol. The Morgan fingerprint density at radius 2 is 1.09 bits per heavy atom. The van der Waals surface area contributed by atoms with Crippen molar-refractivity contribution in [3.05, 3.63) is 101 Å². The van der Waals surface area contributed by atoms with Crippen LogP contribution in [0.5, 0.6) is 0 Å². The molecule has 0 N–H and O–H groups in total. The first kappa shape index (κ1) is 31.0. The Kier molecular flexibility index (Phi) is 13.4. The molecule has 0 saturated heterocycles. The Morgan fingerprint density at radius 1 is 0.686 bits per heavy atom. The molecule has 0 atom stereocenters. The monoisotopic (exact) mass is 580 g/mol. The van der Waals surface area contributed by atoms with Gasteiger partial charge in [0.15, 0.2) is 0 Å². The van der Waals surface area contributed by atoms with Gasteiger partial charge < -0.3 is 7.43 Å². The Bertz CT molecular complexity index is 1120. The van der Waals surface area contributed by atoms with Gasteiger partial charge >= 0.3 is 27.7 Å². The number of aryl methyl sites for hydroxylation is 7. The molecule has 0 radical (unpaired) electrons. The van der Waals surface area contributed by atoms with E-state index in [4.69, 9.17) is 9.98 Å². The maximum absolute atomic E-state index is 5.24. The van der Waals surface area contributed by atoms with Crippen LogP contribution in [-0.2, 0) is 24.6 Å². The van der Waals surface area contributed by atoms with E-state index in [1.807, 2.05) is 0 Å². The fourth-order valence-electron chi connectivity index (χ4n) is 4.49. The van der Waals surface area contributed by atoms with Crippen LogP contribution in [-0.4, -0.2) is 11.4 Å². The molecular weight excluding hydrogens is 542 g/mol. The Labute approximate surface area is 228 Å². The van der Waals surface area contributed by atoms with Crippen molar-refractivity contribution in [1.82, 2.24) is 0 Å². The summed E-state index contributed by atoms with van der Waals surface area (Å²) in [5.74, 6) is 0. The van der Waals surface area contributed by atoms with Crippen LogP contribution < -0.4 is 0 Å². The van der Waals surface area contributed by atoms with E-state index in [9.17, 15) is 0 Å². The van der Waals surface area contributed by atoms with Gasteiger partial charge in [0.1, 0.15) is 0 Å². The van der Waals surface area contributed by atoms with E-state index in [0.717, 1.165) is 42.1 Å². The Balaban J connectivity index is 0.00000199. The third-order valence-electron chi connectivity index (χ3n) is 5.93. The number of hydrogen-bond donors (Lipinski definition) is 0.